The van der Waals surface area contributed by atoms with Gasteiger partial charge in [-0.3, -0.25) is 0 Å². The maximum absolute atomic E-state index is 5.24. The number of benzene rings is 1. The smallest absolute Gasteiger partial charge is 0.119 e. The number of ether oxygens (including phenoxy) is 1. The van der Waals surface area contributed by atoms with Gasteiger partial charge in [-0.25, -0.2) is 0 Å². The van der Waals surface area contributed by atoms with Crippen LogP contribution >= 0.6 is 0 Å². The highest BCUT2D eigenvalue weighted by Crippen LogP contribution is 2.41. The van der Waals surface area contributed by atoms with Crippen molar-refractivity contribution in [3.8, 4) is 5.75 Å². The highest BCUT2D eigenvalue weighted by atomic mass is 16.5. The molecule has 0 aromatic heterocycles. The van der Waals surface area contributed by atoms with E-state index in [-0.39, 0.29) is 0 Å². The fourth-order valence-corrected chi connectivity index (χ4v) is 2.81. The standard InChI is InChI=1S/C12H15NO/c1-14-10-2-3-11-9(7-10)6-8-4-5-13-12(8)11/h2-3,7-8,12-13H,4-6H2,1H3. The Kier molecular flexibility index (Phi) is 1.77. The number of fused-ring (bicyclic) bond motifs is 3. The van der Waals surface area contributed by atoms with Gasteiger partial charge in [-0.05, 0) is 48.6 Å². The van der Waals surface area contributed by atoms with Gasteiger partial charge < -0.3 is 10.1 Å². The van der Waals surface area contributed by atoms with E-state index in [1.165, 1.54) is 30.5 Å². The molecule has 1 saturated heterocycles. The molecule has 1 fully saturated rings. The first-order chi connectivity index (χ1) is 6.88. The van der Waals surface area contributed by atoms with E-state index < -0.39 is 0 Å². The Morgan fingerprint density at radius 1 is 1.43 bits per heavy atom. The lowest BCUT2D eigenvalue weighted by Gasteiger charge is -2.10. The van der Waals surface area contributed by atoms with Crippen molar-refractivity contribution in [2.75, 3.05) is 13.7 Å². The summed E-state index contributed by atoms with van der Waals surface area (Å²) in [4.78, 5) is 0. The number of nitrogens with one attached hydrogen (secondary N) is 1. The molecule has 3 rings (SSSR count). The lowest BCUT2D eigenvalue weighted by molar-refractivity contribution is 0.414. The van der Waals surface area contributed by atoms with Crippen LogP contribution in [0.15, 0.2) is 18.2 Å². The molecule has 2 nitrogen and oxygen atoms in total. The summed E-state index contributed by atoms with van der Waals surface area (Å²) < 4.78 is 5.24. The Labute approximate surface area is 84.3 Å². The number of methoxy groups -OCH3 is 1. The minimum absolute atomic E-state index is 0.621. The summed E-state index contributed by atoms with van der Waals surface area (Å²) in [5, 5.41) is 3.57. The molecule has 74 valence electrons. The Balaban J connectivity index is 2.01. The molecule has 2 aliphatic rings. The van der Waals surface area contributed by atoms with Gasteiger partial charge in [0.1, 0.15) is 5.75 Å². The quantitative estimate of drug-likeness (QED) is 0.728. The molecule has 1 heterocycles. The minimum Gasteiger partial charge on any atom is -0.497 e. The molecule has 1 aliphatic carbocycles. The van der Waals surface area contributed by atoms with Gasteiger partial charge in [0.15, 0.2) is 0 Å². The van der Waals surface area contributed by atoms with Crippen LogP contribution < -0.4 is 10.1 Å². The molecule has 2 atom stereocenters. The first kappa shape index (κ1) is 8.30. The fraction of sp³-hybridized carbons (Fsp3) is 0.500. The van der Waals surface area contributed by atoms with Crippen molar-refractivity contribution in [3.63, 3.8) is 0 Å². The van der Waals surface area contributed by atoms with E-state index in [0.29, 0.717) is 6.04 Å². The van der Waals surface area contributed by atoms with E-state index in [1.54, 1.807) is 7.11 Å². The highest BCUT2D eigenvalue weighted by Gasteiger charge is 2.35. The Hall–Kier alpha value is -1.02. The molecule has 0 saturated carbocycles. The van der Waals surface area contributed by atoms with Gasteiger partial charge in [0.25, 0.3) is 0 Å². The van der Waals surface area contributed by atoms with Gasteiger partial charge in [0.05, 0.1) is 7.11 Å². The maximum Gasteiger partial charge on any atom is 0.119 e. The third kappa shape index (κ3) is 1.07. The second kappa shape index (κ2) is 2.99. The van der Waals surface area contributed by atoms with E-state index in [0.717, 1.165) is 11.7 Å². The first-order valence-corrected chi connectivity index (χ1v) is 5.28. The average molecular weight is 189 g/mol. The molecule has 1 aromatic carbocycles. The SMILES string of the molecule is COc1ccc2c(c1)CC1CCNC21. The van der Waals surface area contributed by atoms with E-state index in [1.807, 2.05) is 0 Å². The third-order valence-electron chi connectivity index (χ3n) is 3.52. The van der Waals surface area contributed by atoms with Crippen LogP contribution in [0.3, 0.4) is 0 Å². The van der Waals surface area contributed by atoms with Crippen LogP contribution in [0, 0.1) is 5.92 Å². The van der Waals surface area contributed by atoms with Gasteiger partial charge in [-0.1, -0.05) is 6.07 Å². The van der Waals surface area contributed by atoms with Crippen molar-refractivity contribution in [1.29, 1.82) is 0 Å². The van der Waals surface area contributed by atoms with Gasteiger partial charge in [-0.2, -0.15) is 0 Å². The zero-order valence-corrected chi connectivity index (χ0v) is 8.42. The lowest BCUT2D eigenvalue weighted by Crippen LogP contribution is -2.13. The van der Waals surface area contributed by atoms with Crippen LogP contribution in [-0.2, 0) is 6.42 Å². The van der Waals surface area contributed by atoms with Crippen LogP contribution in [0.1, 0.15) is 23.6 Å². The molecule has 14 heavy (non-hydrogen) atoms. The summed E-state index contributed by atoms with van der Waals surface area (Å²) in [5.41, 5.74) is 2.97. The molecule has 2 unspecified atom stereocenters. The monoisotopic (exact) mass is 189 g/mol. The summed E-state index contributed by atoms with van der Waals surface area (Å²) in [7, 11) is 1.73. The van der Waals surface area contributed by atoms with Crippen molar-refractivity contribution in [3.05, 3.63) is 29.3 Å². The van der Waals surface area contributed by atoms with E-state index in [4.69, 9.17) is 4.74 Å². The van der Waals surface area contributed by atoms with Crippen LogP contribution in [0.5, 0.6) is 5.75 Å². The van der Waals surface area contributed by atoms with Gasteiger partial charge in [0, 0.05) is 6.04 Å². The number of hydrogen-bond acceptors (Lipinski definition) is 2. The largest absolute Gasteiger partial charge is 0.497 e. The highest BCUT2D eigenvalue weighted by molar-refractivity contribution is 5.42. The Morgan fingerprint density at radius 2 is 2.36 bits per heavy atom. The van der Waals surface area contributed by atoms with Crippen molar-refractivity contribution in [2.45, 2.75) is 18.9 Å². The lowest BCUT2D eigenvalue weighted by atomic mass is 10.0. The molecule has 0 bridgehead atoms. The Bertz CT molecular complexity index is 361. The summed E-state index contributed by atoms with van der Waals surface area (Å²) >= 11 is 0. The summed E-state index contributed by atoms with van der Waals surface area (Å²) in [6, 6.07) is 7.10. The van der Waals surface area contributed by atoms with Crippen LogP contribution in [0.25, 0.3) is 0 Å². The van der Waals surface area contributed by atoms with Crippen molar-refractivity contribution in [2.24, 2.45) is 5.92 Å². The molecule has 1 aliphatic heterocycles. The third-order valence-corrected chi connectivity index (χ3v) is 3.52. The molecule has 2 heteroatoms. The second-order valence-electron chi connectivity index (χ2n) is 4.25. The number of hydrogen-bond donors (Lipinski definition) is 1. The van der Waals surface area contributed by atoms with E-state index >= 15 is 0 Å². The predicted molar refractivity (Wildman–Crippen MR) is 55.5 cm³/mol. The van der Waals surface area contributed by atoms with Crippen molar-refractivity contribution < 1.29 is 4.74 Å². The summed E-state index contributed by atoms with van der Waals surface area (Å²) in [6.07, 6.45) is 2.55. The molecular weight excluding hydrogens is 174 g/mol. The van der Waals surface area contributed by atoms with Gasteiger partial charge in [-0.15, -0.1) is 0 Å². The van der Waals surface area contributed by atoms with Gasteiger partial charge >= 0.3 is 0 Å². The van der Waals surface area contributed by atoms with Crippen molar-refractivity contribution >= 4 is 0 Å². The molecule has 0 spiro atoms. The average Bonchev–Trinajstić information content (AvgIpc) is 2.75. The fourth-order valence-electron chi connectivity index (χ4n) is 2.81. The second-order valence-corrected chi connectivity index (χ2v) is 4.25. The summed E-state index contributed by atoms with van der Waals surface area (Å²) in [5.74, 6) is 1.82. The maximum atomic E-state index is 5.24. The van der Waals surface area contributed by atoms with Gasteiger partial charge in [0.2, 0.25) is 0 Å². The zero-order valence-electron chi connectivity index (χ0n) is 8.42. The minimum atomic E-state index is 0.621. The Morgan fingerprint density at radius 3 is 3.21 bits per heavy atom. The van der Waals surface area contributed by atoms with Crippen LogP contribution in [-0.4, -0.2) is 13.7 Å². The predicted octanol–water partition coefficient (Wildman–Crippen LogP) is 1.90. The normalized spacial score (nSPS) is 28.6. The molecular formula is C12H15NO. The molecule has 0 radical (unpaired) electrons. The van der Waals surface area contributed by atoms with Crippen LogP contribution in [0.4, 0.5) is 0 Å². The van der Waals surface area contributed by atoms with Crippen LogP contribution in [0.2, 0.25) is 0 Å². The summed E-state index contributed by atoms with van der Waals surface area (Å²) in [6.45, 7) is 1.18. The topological polar surface area (TPSA) is 21.3 Å². The molecule has 1 N–H and O–H groups in total. The number of rotatable bonds is 1. The first-order valence-electron chi connectivity index (χ1n) is 5.28. The van der Waals surface area contributed by atoms with Crippen molar-refractivity contribution in [1.82, 2.24) is 5.32 Å². The zero-order chi connectivity index (χ0) is 9.54. The molecule has 0 amide bonds. The van der Waals surface area contributed by atoms with E-state index in [9.17, 15) is 0 Å². The molecule has 1 aromatic rings. The van der Waals surface area contributed by atoms with E-state index in [2.05, 4.69) is 23.5 Å².